The number of sulfonamides is 1. The van der Waals surface area contributed by atoms with Crippen LogP contribution in [0.2, 0.25) is 0 Å². The van der Waals surface area contributed by atoms with Crippen molar-refractivity contribution in [2.24, 2.45) is 5.14 Å². The summed E-state index contributed by atoms with van der Waals surface area (Å²) in [4.78, 5) is 11.8. The van der Waals surface area contributed by atoms with Crippen LogP contribution in [0.25, 0.3) is 16.6 Å². The van der Waals surface area contributed by atoms with Crippen LogP contribution in [0, 0.1) is 5.41 Å². The van der Waals surface area contributed by atoms with Gasteiger partial charge in [0.25, 0.3) is 0 Å². The monoisotopic (exact) mass is 452 g/mol. The number of aromatic nitrogens is 2. The fourth-order valence-corrected chi connectivity index (χ4v) is 4.84. The number of nitrogens with one attached hydrogen (secondary N) is 2. The number of aliphatic hydroxyl groups excluding tert-OH is 1. The van der Waals surface area contributed by atoms with Gasteiger partial charge >= 0.3 is 0 Å². The minimum Gasteiger partial charge on any atom is -0.509 e. The molecule has 1 saturated heterocycles. The van der Waals surface area contributed by atoms with Crippen molar-refractivity contribution in [3.63, 3.8) is 0 Å². The second-order valence-corrected chi connectivity index (χ2v) is 9.69. The third kappa shape index (κ3) is 3.61. The number of aliphatic hydroxyl groups is 1. The first-order chi connectivity index (χ1) is 15.3. The van der Waals surface area contributed by atoms with E-state index in [9.17, 15) is 13.5 Å². The average Bonchev–Trinajstić information content (AvgIpc) is 3.33. The Hall–Kier alpha value is -3.37. The molecule has 32 heavy (non-hydrogen) atoms. The van der Waals surface area contributed by atoms with Crippen molar-refractivity contribution in [2.45, 2.75) is 24.2 Å². The molecule has 5 N–H and O–H groups in total. The van der Waals surface area contributed by atoms with E-state index in [-0.39, 0.29) is 23.0 Å². The minimum absolute atomic E-state index is 0.00817. The van der Waals surface area contributed by atoms with E-state index in [0.717, 1.165) is 29.8 Å². The number of anilines is 2. The van der Waals surface area contributed by atoms with Crippen LogP contribution in [-0.2, 0) is 10.0 Å². The molecule has 0 spiro atoms. The fourth-order valence-electron chi connectivity index (χ4n) is 4.33. The minimum atomic E-state index is -3.80. The molecule has 3 aromatic rings. The molecule has 10 heteroatoms. The number of fused-ring (bicyclic) bond motifs is 1. The predicted molar refractivity (Wildman–Crippen MR) is 125 cm³/mol. The van der Waals surface area contributed by atoms with Gasteiger partial charge in [-0.05, 0) is 61.7 Å². The number of hydrogen-bond donors (Lipinski definition) is 4. The lowest BCUT2D eigenvalue weighted by Gasteiger charge is -2.28. The Morgan fingerprint density at radius 3 is 2.41 bits per heavy atom. The maximum atomic E-state index is 11.5. The van der Waals surface area contributed by atoms with Gasteiger partial charge in [0.2, 0.25) is 10.0 Å². The quantitative estimate of drug-likeness (QED) is 0.480. The topological polar surface area (TPSA) is 139 Å². The molecule has 1 aromatic heterocycles. The third-order valence-corrected chi connectivity index (χ3v) is 6.93. The van der Waals surface area contributed by atoms with Crippen molar-refractivity contribution in [3.8, 4) is 0 Å². The normalized spacial score (nSPS) is 17.6. The predicted octanol–water partition coefficient (Wildman–Crippen LogP) is 2.97. The first-order valence-corrected chi connectivity index (χ1v) is 12.0. The molecule has 1 fully saturated rings. The summed E-state index contributed by atoms with van der Waals surface area (Å²) in [6.07, 6.45) is 3.65. The van der Waals surface area contributed by atoms with Gasteiger partial charge in [0, 0.05) is 24.5 Å². The summed E-state index contributed by atoms with van der Waals surface area (Å²) in [5.74, 6) is 0.545. The van der Waals surface area contributed by atoms with Crippen molar-refractivity contribution in [2.75, 3.05) is 29.4 Å². The number of amidine groups is 1. The Labute approximate surface area is 185 Å². The Balaban J connectivity index is 1.43. The van der Waals surface area contributed by atoms with Crippen molar-refractivity contribution < 1.29 is 13.5 Å². The molecular weight excluding hydrogens is 428 g/mol. The lowest BCUT2D eigenvalue weighted by Crippen LogP contribution is -2.29. The summed E-state index contributed by atoms with van der Waals surface area (Å²) < 4.78 is 23.0. The zero-order chi connectivity index (χ0) is 22.5. The number of nitrogens with two attached hydrogens (primary N) is 1. The second-order valence-electron chi connectivity index (χ2n) is 8.13. The third-order valence-electron chi connectivity index (χ3n) is 6.00. The Morgan fingerprint density at radius 1 is 1.03 bits per heavy atom. The Bertz CT molecular complexity index is 1340. The van der Waals surface area contributed by atoms with Crippen LogP contribution in [0.3, 0.4) is 0 Å². The van der Waals surface area contributed by atoms with Crippen molar-refractivity contribution >= 4 is 43.8 Å². The van der Waals surface area contributed by atoms with E-state index in [1.54, 1.807) is 17.0 Å². The zero-order valence-electron chi connectivity index (χ0n) is 17.4. The molecule has 2 aliphatic rings. The highest BCUT2D eigenvalue weighted by molar-refractivity contribution is 7.89. The molecular formula is C22H24N6O3S. The standard InChI is InChI=1S/C22H24N6O3S/c23-21-20(19(29)13-28(21)14-4-7-16(8-5-14)32(24,30)31)22-25-17-9-6-15(12-18(17)26-22)27-10-2-1-3-11-27/h4-9,12,23,29H,1-3,10-11,13H2,(H,25,26)(H2,24,30,31). The van der Waals surface area contributed by atoms with Crippen LogP contribution in [-0.4, -0.2) is 49.0 Å². The molecule has 0 saturated carbocycles. The van der Waals surface area contributed by atoms with Gasteiger partial charge in [-0.15, -0.1) is 0 Å². The van der Waals surface area contributed by atoms with Gasteiger partial charge in [0.15, 0.2) is 0 Å². The van der Waals surface area contributed by atoms with Crippen molar-refractivity contribution in [3.05, 3.63) is 54.0 Å². The van der Waals surface area contributed by atoms with Gasteiger partial charge < -0.3 is 19.9 Å². The SMILES string of the molecule is N=C1C(c2nc3ccc(N4CCCCC4)cc3[nH]2)=C(O)CN1c1ccc(S(N)(=O)=O)cc1. The molecule has 0 bridgehead atoms. The highest BCUT2D eigenvalue weighted by Gasteiger charge is 2.31. The fraction of sp³-hybridized carbons (Fsp3) is 0.273. The van der Waals surface area contributed by atoms with Crippen LogP contribution in [0.15, 0.2) is 53.1 Å². The van der Waals surface area contributed by atoms with Crippen LogP contribution in [0.5, 0.6) is 0 Å². The Kier molecular flexibility index (Phi) is 4.90. The van der Waals surface area contributed by atoms with Crippen LogP contribution in [0.4, 0.5) is 11.4 Å². The summed E-state index contributed by atoms with van der Waals surface area (Å²) in [6, 6.07) is 12.0. The van der Waals surface area contributed by atoms with Gasteiger partial charge in [-0.25, -0.2) is 18.5 Å². The van der Waals surface area contributed by atoms with E-state index in [1.807, 2.05) is 6.07 Å². The van der Waals surface area contributed by atoms with E-state index in [4.69, 9.17) is 10.5 Å². The summed E-state index contributed by atoms with van der Waals surface area (Å²) in [7, 11) is -3.80. The van der Waals surface area contributed by atoms with Gasteiger partial charge in [0.1, 0.15) is 17.4 Å². The summed E-state index contributed by atoms with van der Waals surface area (Å²) in [6.45, 7) is 2.18. The van der Waals surface area contributed by atoms with E-state index in [1.165, 1.54) is 31.4 Å². The van der Waals surface area contributed by atoms with Crippen LogP contribution in [0.1, 0.15) is 25.1 Å². The average molecular weight is 453 g/mol. The lowest BCUT2D eigenvalue weighted by atomic mass is 10.1. The second kappa shape index (κ2) is 7.64. The number of aromatic amines is 1. The number of primary sulfonamides is 1. The summed E-state index contributed by atoms with van der Waals surface area (Å²) >= 11 is 0. The molecule has 0 aliphatic carbocycles. The maximum Gasteiger partial charge on any atom is 0.238 e. The highest BCUT2D eigenvalue weighted by Crippen LogP contribution is 2.32. The molecule has 0 amide bonds. The largest absolute Gasteiger partial charge is 0.509 e. The number of benzene rings is 2. The van der Waals surface area contributed by atoms with Gasteiger partial charge in [-0.1, -0.05) is 0 Å². The number of rotatable bonds is 4. The van der Waals surface area contributed by atoms with Crippen LogP contribution < -0.4 is 14.9 Å². The number of hydrogen-bond acceptors (Lipinski definition) is 6. The lowest BCUT2D eigenvalue weighted by molar-refractivity contribution is 0.411. The number of H-pyrrole nitrogens is 1. The van der Waals surface area contributed by atoms with E-state index in [0.29, 0.717) is 17.1 Å². The number of nitrogens with zero attached hydrogens (tertiary/aromatic N) is 3. The van der Waals surface area contributed by atoms with E-state index < -0.39 is 10.0 Å². The molecule has 0 unspecified atom stereocenters. The van der Waals surface area contributed by atoms with Gasteiger partial charge in [0.05, 0.1) is 28.0 Å². The zero-order valence-corrected chi connectivity index (χ0v) is 18.2. The van der Waals surface area contributed by atoms with Crippen molar-refractivity contribution in [1.29, 1.82) is 5.41 Å². The smallest absolute Gasteiger partial charge is 0.238 e. The first-order valence-electron chi connectivity index (χ1n) is 10.5. The van der Waals surface area contributed by atoms with Crippen LogP contribution >= 0.6 is 0 Å². The summed E-state index contributed by atoms with van der Waals surface area (Å²) in [5.41, 5.74) is 3.67. The Morgan fingerprint density at radius 2 is 1.72 bits per heavy atom. The van der Waals surface area contributed by atoms with E-state index >= 15 is 0 Å². The molecule has 166 valence electrons. The molecule has 2 aliphatic heterocycles. The highest BCUT2D eigenvalue weighted by atomic mass is 32.2. The number of piperidine rings is 1. The molecule has 0 atom stereocenters. The maximum absolute atomic E-state index is 11.5. The van der Waals surface area contributed by atoms with Crippen molar-refractivity contribution in [1.82, 2.24) is 9.97 Å². The molecule has 3 heterocycles. The molecule has 5 rings (SSSR count). The molecule has 9 nitrogen and oxygen atoms in total. The molecule has 2 aromatic carbocycles. The van der Waals surface area contributed by atoms with E-state index in [2.05, 4.69) is 27.0 Å². The molecule has 0 radical (unpaired) electrons. The summed E-state index contributed by atoms with van der Waals surface area (Å²) in [5, 5.41) is 24.4. The first kappa shape index (κ1) is 20.5. The van der Waals surface area contributed by atoms with Gasteiger partial charge in [-0.2, -0.15) is 0 Å². The van der Waals surface area contributed by atoms with Gasteiger partial charge in [-0.3, -0.25) is 5.41 Å². The number of imidazole rings is 1.